The second kappa shape index (κ2) is 5.37. The highest BCUT2D eigenvalue weighted by atomic mass is 14.9. The standard InChI is InChI=1S/C13H15N3/c1-11(13-3-2-6-15-10-13)16-9-12-4-7-14-8-5-12/h2-8,10-11,16H,9H2,1H3/t11-/m0/s1. The summed E-state index contributed by atoms with van der Waals surface area (Å²) in [5, 5.41) is 3.45. The second-order valence-corrected chi connectivity index (χ2v) is 3.74. The van der Waals surface area contributed by atoms with Crippen molar-refractivity contribution in [2.75, 3.05) is 0 Å². The summed E-state index contributed by atoms with van der Waals surface area (Å²) in [7, 11) is 0. The van der Waals surface area contributed by atoms with E-state index in [1.54, 1.807) is 6.20 Å². The zero-order chi connectivity index (χ0) is 11.2. The van der Waals surface area contributed by atoms with E-state index < -0.39 is 0 Å². The highest BCUT2D eigenvalue weighted by Crippen LogP contribution is 2.10. The molecule has 0 saturated heterocycles. The number of rotatable bonds is 4. The first-order chi connectivity index (χ1) is 7.86. The fourth-order valence-electron chi connectivity index (χ4n) is 1.52. The SMILES string of the molecule is C[C@H](NCc1ccncc1)c1cccnc1. The van der Waals surface area contributed by atoms with Gasteiger partial charge in [0.1, 0.15) is 0 Å². The minimum atomic E-state index is 0.307. The zero-order valence-corrected chi connectivity index (χ0v) is 9.30. The molecule has 2 rings (SSSR count). The summed E-state index contributed by atoms with van der Waals surface area (Å²) in [6.07, 6.45) is 7.31. The summed E-state index contributed by atoms with van der Waals surface area (Å²) in [5.41, 5.74) is 2.45. The van der Waals surface area contributed by atoms with Gasteiger partial charge < -0.3 is 5.32 Å². The third-order valence-electron chi connectivity index (χ3n) is 2.55. The van der Waals surface area contributed by atoms with Gasteiger partial charge in [0, 0.05) is 37.4 Å². The molecule has 82 valence electrons. The van der Waals surface area contributed by atoms with Gasteiger partial charge in [-0.2, -0.15) is 0 Å². The predicted octanol–water partition coefficient (Wildman–Crippen LogP) is 2.33. The molecule has 0 unspecified atom stereocenters. The molecular weight excluding hydrogens is 198 g/mol. The summed E-state index contributed by atoms with van der Waals surface area (Å²) in [6.45, 7) is 2.98. The maximum Gasteiger partial charge on any atom is 0.0315 e. The number of aromatic nitrogens is 2. The van der Waals surface area contributed by atoms with E-state index in [0.29, 0.717) is 6.04 Å². The van der Waals surface area contributed by atoms with Crippen molar-refractivity contribution in [2.24, 2.45) is 0 Å². The van der Waals surface area contributed by atoms with Crippen molar-refractivity contribution in [1.82, 2.24) is 15.3 Å². The van der Waals surface area contributed by atoms with Gasteiger partial charge in [0.25, 0.3) is 0 Å². The van der Waals surface area contributed by atoms with Gasteiger partial charge >= 0.3 is 0 Å². The molecular formula is C13H15N3. The Morgan fingerprint density at radius 1 is 1.12 bits per heavy atom. The Hall–Kier alpha value is -1.74. The van der Waals surface area contributed by atoms with Crippen LogP contribution in [0.5, 0.6) is 0 Å². The van der Waals surface area contributed by atoms with Gasteiger partial charge in [0.15, 0.2) is 0 Å². The second-order valence-electron chi connectivity index (χ2n) is 3.74. The van der Waals surface area contributed by atoms with Gasteiger partial charge in [0.05, 0.1) is 0 Å². The monoisotopic (exact) mass is 213 g/mol. The van der Waals surface area contributed by atoms with Crippen molar-refractivity contribution in [3.8, 4) is 0 Å². The van der Waals surface area contributed by atoms with E-state index in [4.69, 9.17) is 0 Å². The number of pyridine rings is 2. The van der Waals surface area contributed by atoms with Crippen molar-refractivity contribution >= 4 is 0 Å². The molecule has 0 aromatic carbocycles. The van der Waals surface area contributed by atoms with E-state index in [-0.39, 0.29) is 0 Å². The van der Waals surface area contributed by atoms with Crippen LogP contribution in [0.1, 0.15) is 24.1 Å². The zero-order valence-electron chi connectivity index (χ0n) is 9.30. The first-order valence-electron chi connectivity index (χ1n) is 5.38. The third kappa shape index (κ3) is 2.87. The van der Waals surface area contributed by atoms with Crippen LogP contribution >= 0.6 is 0 Å². The van der Waals surface area contributed by atoms with Crippen LogP contribution in [0.3, 0.4) is 0 Å². The normalized spacial score (nSPS) is 12.3. The number of hydrogen-bond donors (Lipinski definition) is 1. The highest BCUT2D eigenvalue weighted by molar-refractivity contribution is 5.14. The summed E-state index contributed by atoms with van der Waals surface area (Å²) in [5.74, 6) is 0. The molecule has 0 aliphatic carbocycles. The average molecular weight is 213 g/mol. The van der Waals surface area contributed by atoms with E-state index in [9.17, 15) is 0 Å². The molecule has 0 radical (unpaired) electrons. The van der Waals surface area contributed by atoms with Crippen LogP contribution in [-0.4, -0.2) is 9.97 Å². The van der Waals surface area contributed by atoms with Crippen molar-refractivity contribution in [1.29, 1.82) is 0 Å². The molecule has 0 fully saturated rings. The Morgan fingerprint density at radius 2 is 1.94 bits per heavy atom. The van der Waals surface area contributed by atoms with E-state index in [1.165, 1.54) is 11.1 Å². The van der Waals surface area contributed by atoms with E-state index >= 15 is 0 Å². The molecule has 3 nitrogen and oxygen atoms in total. The van der Waals surface area contributed by atoms with Crippen LogP contribution in [0.25, 0.3) is 0 Å². The lowest BCUT2D eigenvalue weighted by molar-refractivity contribution is 0.573. The molecule has 16 heavy (non-hydrogen) atoms. The summed E-state index contributed by atoms with van der Waals surface area (Å²) in [4.78, 5) is 8.10. The fraction of sp³-hybridized carbons (Fsp3) is 0.231. The van der Waals surface area contributed by atoms with E-state index in [0.717, 1.165) is 6.54 Å². The quantitative estimate of drug-likeness (QED) is 0.847. The van der Waals surface area contributed by atoms with Gasteiger partial charge in [-0.3, -0.25) is 9.97 Å². The van der Waals surface area contributed by atoms with Gasteiger partial charge in [-0.05, 0) is 36.2 Å². The molecule has 2 aromatic rings. The Labute approximate surface area is 95.6 Å². The lowest BCUT2D eigenvalue weighted by atomic mass is 10.1. The molecule has 2 aromatic heterocycles. The lowest BCUT2D eigenvalue weighted by Crippen LogP contribution is -2.18. The maximum absolute atomic E-state index is 4.11. The van der Waals surface area contributed by atoms with Gasteiger partial charge in [0.2, 0.25) is 0 Å². The Balaban J connectivity index is 1.92. The largest absolute Gasteiger partial charge is 0.306 e. The van der Waals surface area contributed by atoms with Crippen molar-refractivity contribution in [3.05, 3.63) is 60.2 Å². The topological polar surface area (TPSA) is 37.8 Å². The van der Waals surface area contributed by atoms with Crippen molar-refractivity contribution < 1.29 is 0 Å². The smallest absolute Gasteiger partial charge is 0.0315 e. The van der Waals surface area contributed by atoms with Crippen molar-refractivity contribution in [2.45, 2.75) is 19.5 Å². The van der Waals surface area contributed by atoms with E-state index in [2.05, 4.69) is 28.3 Å². The fourth-order valence-corrected chi connectivity index (χ4v) is 1.52. The van der Waals surface area contributed by atoms with E-state index in [1.807, 2.05) is 36.8 Å². The number of hydrogen-bond acceptors (Lipinski definition) is 3. The molecule has 0 spiro atoms. The summed E-state index contributed by atoms with van der Waals surface area (Å²) < 4.78 is 0. The molecule has 0 bridgehead atoms. The number of nitrogens with one attached hydrogen (secondary N) is 1. The minimum absolute atomic E-state index is 0.307. The average Bonchev–Trinajstić information content (AvgIpc) is 2.38. The Morgan fingerprint density at radius 3 is 2.62 bits per heavy atom. The highest BCUT2D eigenvalue weighted by Gasteiger charge is 2.03. The van der Waals surface area contributed by atoms with Crippen LogP contribution < -0.4 is 5.32 Å². The molecule has 1 atom stereocenters. The first-order valence-corrected chi connectivity index (χ1v) is 5.38. The first kappa shape index (κ1) is 10.8. The third-order valence-corrected chi connectivity index (χ3v) is 2.55. The van der Waals surface area contributed by atoms with Crippen LogP contribution in [0.2, 0.25) is 0 Å². The number of nitrogens with zero attached hydrogens (tertiary/aromatic N) is 2. The van der Waals surface area contributed by atoms with Gasteiger partial charge in [-0.15, -0.1) is 0 Å². The molecule has 0 saturated carbocycles. The molecule has 0 aliphatic heterocycles. The minimum Gasteiger partial charge on any atom is -0.306 e. The molecule has 0 amide bonds. The maximum atomic E-state index is 4.11. The van der Waals surface area contributed by atoms with Gasteiger partial charge in [-0.25, -0.2) is 0 Å². The molecule has 2 heterocycles. The Bertz CT molecular complexity index is 414. The van der Waals surface area contributed by atoms with Crippen LogP contribution in [0.4, 0.5) is 0 Å². The Kier molecular flexibility index (Phi) is 3.62. The van der Waals surface area contributed by atoms with Crippen molar-refractivity contribution in [3.63, 3.8) is 0 Å². The van der Waals surface area contributed by atoms with Crippen LogP contribution in [0, 0.1) is 0 Å². The van der Waals surface area contributed by atoms with Crippen LogP contribution in [-0.2, 0) is 6.54 Å². The molecule has 3 heteroatoms. The molecule has 1 N–H and O–H groups in total. The van der Waals surface area contributed by atoms with Gasteiger partial charge in [-0.1, -0.05) is 6.07 Å². The summed E-state index contributed by atoms with van der Waals surface area (Å²) in [6, 6.07) is 8.38. The lowest BCUT2D eigenvalue weighted by Gasteiger charge is -2.13. The molecule has 0 aliphatic rings. The predicted molar refractivity (Wildman–Crippen MR) is 63.7 cm³/mol. The summed E-state index contributed by atoms with van der Waals surface area (Å²) >= 11 is 0. The van der Waals surface area contributed by atoms with Crippen LogP contribution in [0.15, 0.2) is 49.1 Å².